The van der Waals surface area contributed by atoms with Crippen LogP contribution >= 0.6 is 17.5 Å². The standard InChI is InChI=1S/C6H6N2O3P2/c9-8(10)12-7-13-11-6-4-2-1-3-5-6/h1-5,12H. The van der Waals surface area contributed by atoms with E-state index in [0.717, 1.165) is 0 Å². The van der Waals surface area contributed by atoms with E-state index in [9.17, 15) is 10.1 Å². The van der Waals surface area contributed by atoms with Crippen LogP contribution in [0.2, 0.25) is 0 Å². The fourth-order valence-electron chi connectivity index (χ4n) is 0.604. The van der Waals surface area contributed by atoms with Crippen molar-refractivity contribution in [1.29, 1.82) is 0 Å². The number of rotatable bonds is 4. The Morgan fingerprint density at radius 3 is 2.77 bits per heavy atom. The molecule has 13 heavy (non-hydrogen) atoms. The average molecular weight is 216 g/mol. The Bertz CT molecular complexity index is 304. The van der Waals surface area contributed by atoms with Gasteiger partial charge in [0.2, 0.25) is 0 Å². The summed E-state index contributed by atoms with van der Waals surface area (Å²) < 4.78 is 8.12. The molecule has 1 aromatic rings. The molecule has 1 unspecified atom stereocenters. The van der Waals surface area contributed by atoms with Crippen LogP contribution in [0.1, 0.15) is 0 Å². The molecule has 0 saturated carbocycles. The van der Waals surface area contributed by atoms with E-state index >= 15 is 0 Å². The molecular weight excluding hydrogens is 210 g/mol. The summed E-state index contributed by atoms with van der Waals surface area (Å²) in [5.41, 5.74) is 0. The van der Waals surface area contributed by atoms with Crippen molar-refractivity contribution >= 4 is 17.5 Å². The molecule has 5 nitrogen and oxygen atoms in total. The van der Waals surface area contributed by atoms with Crippen LogP contribution in [0.5, 0.6) is 5.75 Å². The van der Waals surface area contributed by atoms with Crippen molar-refractivity contribution in [2.45, 2.75) is 0 Å². The van der Waals surface area contributed by atoms with Gasteiger partial charge in [0.15, 0.2) is 0 Å². The Balaban J connectivity index is 2.35. The number of hydrogen-bond acceptors (Lipinski definition) is 4. The molecule has 68 valence electrons. The van der Waals surface area contributed by atoms with Crippen molar-refractivity contribution < 1.29 is 9.22 Å². The van der Waals surface area contributed by atoms with E-state index in [1.54, 1.807) is 12.1 Å². The lowest BCUT2D eigenvalue weighted by Crippen LogP contribution is -1.74. The summed E-state index contributed by atoms with van der Waals surface area (Å²) in [6.07, 6.45) is 0. The van der Waals surface area contributed by atoms with Gasteiger partial charge in [-0.05, 0) is 12.1 Å². The summed E-state index contributed by atoms with van der Waals surface area (Å²) in [5, 5.41) is 9.87. The molecule has 0 saturated heterocycles. The summed E-state index contributed by atoms with van der Waals surface area (Å²) in [7, 11) is -0.386. The number of nitro groups is 1. The van der Waals surface area contributed by atoms with E-state index in [1.165, 1.54) is 0 Å². The first-order valence-electron chi connectivity index (χ1n) is 3.31. The van der Waals surface area contributed by atoms with Gasteiger partial charge in [0.25, 0.3) is 8.60 Å². The highest BCUT2D eigenvalue weighted by Crippen LogP contribution is 2.22. The van der Waals surface area contributed by atoms with Gasteiger partial charge in [-0.25, -0.2) is 0 Å². The molecule has 0 aliphatic carbocycles. The number of hydrogen-bond donors (Lipinski definition) is 0. The summed E-state index contributed by atoms with van der Waals surface area (Å²) in [6, 6.07) is 9.02. The van der Waals surface area contributed by atoms with Crippen molar-refractivity contribution in [3.05, 3.63) is 40.4 Å². The van der Waals surface area contributed by atoms with E-state index in [2.05, 4.69) is 4.52 Å². The van der Waals surface area contributed by atoms with Gasteiger partial charge in [-0.15, -0.1) is 4.52 Å². The zero-order chi connectivity index (χ0) is 9.52. The minimum absolute atomic E-state index is 0.264. The second kappa shape index (κ2) is 5.57. The Hall–Kier alpha value is -1.05. The fourth-order valence-corrected chi connectivity index (χ4v) is 1.42. The van der Waals surface area contributed by atoms with Crippen LogP contribution in [-0.2, 0) is 0 Å². The van der Waals surface area contributed by atoms with Gasteiger partial charge in [-0.2, -0.15) is 0 Å². The lowest BCUT2D eigenvalue weighted by Gasteiger charge is -1.93. The van der Waals surface area contributed by atoms with Gasteiger partial charge in [0, 0.05) is 0 Å². The second-order valence-corrected chi connectivity index (χ2v) is 3.65. The Morgan fingerprint density at radius 2 is 2.15 bits per heavy atom. The summed E-state index contributed by atoms with van der Waals surface area (Å²) >= 11 is 0. The normalized spacial score (nSPS) is 11.1. The highest BCUT2D eigenvalue weighted by Gasteiger charge is 1.93. The van der Waals surface area contributed by atoms with Gasteiger partial charge in [-0.1, -0.05) is 18.2 Å². The molecule has 0 heterocycles. The highest BCUT2D eigenvalue weighted by molar-refractivity contribution is 7.38. The molecule has 0 aliphatic rings. The monoisotopic (exact) mass is 216 g/mol. The molecule has 0 aliphatic heterocycles. The lowest BCUT2D eigenvalue weighted by atomic mass is 10.3. The first kappa shape index (κ1) is 10.0. The van der Waals surface area contributed by atoms with Gasteiger partial charge in [0.1, 0.15) is 5.75 Å². The molecule has 0 radical (unpaired) electrons. The van der Waals surface area contributed by atoms with Crippen molar-refractivity contribution in [3.63, 3.8) is 0 Å². The zero-order valence-corrected chi connectivity index (χ0v) is 8.35. The van der Waals surface area contributed by atoms with Crippen LogP contribution in [0, 0.1) is 10.1 Å². The van der Waals surface area contributed by atoms with Crippen molar-refractivity contribution in [2.24, 2.45) is 4.52 Å². The fraction of sp³-hybridized carbons (Fsp3) is 0. The maximum Gasteiger partial charge on any atom is 0.369 e. The predicted octanol–water partition coefficient (Wildman–Crippen LogP) is 2.90. The largest absolute Gasteiger partial charge is 0.423 e. The maximum absolute atomic E-state index is 9.87. The molecular formula is C6H6N2O3P2. The number of benzene rings is 1. The number of nitrogens with zero attached hydrogens (tertiary/aromatic N) is 2. The second-order valence-electron chi connectivity index (χ2n) is 1.94. The Kier molecular flexibility index (Phi) is 4.30. The zero-order valence-electron chi connectivity index (χ0n) is 6.45. The maximum atomic E-state index is 9.87. The third kappa shape index (κ3) is 4.51. The van der Waals surface area contributed by atoms with Crippen LogP contribution < -0.4 is 4.52 Å². The van der Waals surface area contributed by atoms with Crippen LogP contribution in [0.15, 0.2) is 34.8 Å². The third-order valence-electron chi connectivity index (χ3n) is 1.06. The smallest absolute Gasteiger partial charge is 0.369 e. The third-order valence-corrected chi connectivity index (χ3v) is 2.20. The van der Waals surface area contributed by atoms with Crippen molar-refractivity contribution in [3.8, 4) is 5.75 Å². The van der Waals surface area contributed by atoms with Crippen LogP contribution in [0.4, 0.5) is 0 Å². The van der Waals surface area contributed by atoms with Gasteiger partial charge < -0.3 is 4.52 Å². The lowest BCUT2D eigenvalue weighted by molar-refractivity contribution is -0.295. The summed E-state index contributed by atoms with van der Waals surface area (Å²) in [4.78, 5) is 9.87. The first-order chi connectivity index (χ1) is 6.29. The molecule has 1 atom stereocenters. The summed E-state index contributed by atoms with van der Waals surface area (Å²) in [6.45, 7) is 0. The molecule has 7 heteroatoms. The van der Waals surface area contributed by atoms with Gasteiger partial charge in [0.05, 0.1) is 4.69 Å². The van der Waals surface area contributed by atoms with Crippen LogP contribution in [-0.4, -0.2) is 4.69 Å². The topological polar surface area (TPSA) is 64.7 Å². The minimum Gasteiger partial charge on any atom is -0.423 e. The summed E-state index contributed by atoms with van der Waals surface area (Å²) in [5.74, 6) is 0.654. The Morgan fingerprint density at radius 1 is 1.46 bits per heavy atom. The minimum atomic E-state index is -0.650. The van der Waals surface area contributed by atoms with Crippen molar-refractivity contribution in [2.75, 3.05) is 0 Å². The quantitative estimate of drug-likeness (QED) is 0.441. The van der Waals surface area contributed by atoms with Crippen LogP contribution in [0.3, 0.4) is 0 Å². The van der Waals surface area contributed by atoms with E-state index in [0.29, 0.717) is 5.75 Å². The molecule has 1 aromatic carbocycles. The molecule has 1 rings (SSSR count). The van der Waals surface area contributed by atoms with E-state index < -0.39 is 13.6 Å². The van der Waals surface area contributed by atoms with Gasteiger partial charge in [-0.3, -0.25) is 10.1 Å². The molecule has 0 spiro atoms. The first-order valence-corrected chi connectivity index (χ1v) is 4.97. The number of para-hydroxylation sites is 1. The SMILES string of the molecule is O=[N+]([O-])PN=POc1ccccc1. The average Bonchev–Trinajstić information content (AvgIpc) is 2.14. The van der Waals surface area contributed by atoms with E-state index in [4.69, 9.17) is 4.52 Å². The van der Waals surface area contributed by atoms with Gasteiger partial charge >= 0.3 is 8.88 Å². The molecule has 0 fully saturated rings. The highest BCUT2D eigenvalue weighted by atomic mass is 31.1. The molecule has 0 bridgehead atoms. The Labute approximate surface area is 78.1 Å². The van der Waals surface area contributed by atoms with E-state index in [1.807, 2.05) is 18.2 Å². The van der Waals surface area contributed by atoms with E-state index in [-0.39, 0.29) is 8.60 Å². The molecule has 0 aromatic heterocycles. The van der Waals surface area contributed by atoms with Crippen molar-refractivity contribution in [1.82, 2.24) is 0 Å². The molecule has 0 N–H and O–H groups in total. The van der Waals surface area contributed by atoms with Crippen LogP contribution in [0.25, 0.3) is 0 Å². The predicted molar refractivity (Wildman–Crippen MR) is 51.7 cm³/mol. The molecule has 0 amide bonds.